The zero-order chi connectivity index (χ0) is 12.0. The number of aromatic nitrogens is 2. The van der Waals surface area contributed by atoms with Crippen LogP contribution in [0, 0.1) is 0 Å². The highest BCUT2D eigenvalue weighted by Crippen LogP contribution is 2.26. The van der Waals surface area contributed by atoms with Crippen LogP contribution in [0.3, 0.4) is 0 Å². The molecule has 0 aliphatic heterocycles. The second kappa shape index (κ2) is 7.07. The lowest BCUT2D eigenvalue weighted by Crippen LogP contribution is -2.20. The average Bonchev–Trinajstić information content (AvgIpc) is 2.66. The molecule has 0 radical (unpaired) electrons. The molecule has 0 aliphatic carbocycles. The topological polar surface area (TPSA) is 29.9 Å². The Morgan fingerprint density at radius 3 is 2.75 bits per heavy atom. The third-order valence-electron chi connectivity index (χ3n) is 2.91. The van der Waals surface area contributed by atoms with Gasteiger partial charge in [0.05, 0.1) is 22.4 Å². The lowest BCUT2D eigenvalue weighted by molar-refractivity contribution is 0.466. The molecule has 0 saturated carbocycles. The Hall–Kier alpha value is -0.350. The number of halogens is 1. The Kier molecular flexibility index (Phi) is 6.06. The molecule has 3 nitrogen and oxygen atoms in total. The molecular weight excluding hydrogens is 266 g/mol. The van der Waals surface area contributed by atoms with Gasteiger partial charge in [-0.2, -0.15) is 5.10 Å². The van der Waals surface area contributed by atoms with Gasteiger partial charge in [0.1, 0.15) is 0 Å². The molecule has 0 amide bonds. The van der Waals surface area contributed by atoms with E-state index in [0.29, 0.717) is 6.04 Å². The first-order chi connectivity index (χ1) is 7.74. The minimum absolute atomic E-state index is 0.406. The van der Waals surface area contributed by atoms with Crippen molar-refractivity contribution >= 4 is 15.9 Å². The van der Waals surface area contributed by atoms with E-state index < -0.39 is 0 Å². The summed E-state index contributed by atoms with van der Waals surface area (Å²) in [5.41, 5.74) is 1.28. The Morgan fingerprint density at radius 2 is 2.19 bits per heavy atom. The van der Waals surface area contributed by atoms with E-state index in [9.17, 15) is 0 Å². The summed E-state index contributed by atoms with van der Waals surface area (Å²) in [7, 11) is 2.02. The first-order valence-electron chi connectivity index (χ1n) is 6.13. The molecule has 0 saturated heterocycles. The van der Waals surface area contributed by atoms with Gasteiger partial charge >= 0.3 is 0 Å². The van der Waals surface area contributed by atoms with Gasteiger partial charge in [-0.3, -0.25) is 4.68 Å². The highest BCUT2D eigenvalue weighted by molar-refractivity contribution is 9.10. The van der Waals surface area contributed by atoms with E-state index in [1.807, 2.05) is 13.2 Å². The number of nitrogens with zero attached hydrogens (tertiary/aromatic N) is 2. The smallest absolute Gasteiger partial charge is 0.0695 e. The molecule has 0 spiro atoms. The fourth-order valence-electron chi connectivity index (χ4n) is 1.99. The van der Waals surface area contributed by atoms with Gasteiger partial charge in [-0.05, 0) is 36.3 Å². The molecule has 0 aliphatic rings. The molecule has 1 N–H and O–H groups in total. The fourth-order valence-corrected chi connectivity index (χ4v) is 2.56. The normalized spacial score (nSPS) is 13.0. The number of rotatable bonds is 7. The molecular formula is C12H22BrN3. The van der Waals surface area contributed by atoms with Crippen LogP contribution in [-0.2, 0) is 6.54 Å². The van der Waals surface area contributed by atoms with Crippen LogP contribution in [0.25, 0.3) is 0 Å². The van der Waals surface area contributed by atoms with Crippen molar-refractivity contribution < 1.29 is 0 Å². The molecule has 4 heteroatoms. The maximum Gasteiger partial charge on any atom is 0.0695 e. The molecule has 0 aromatic carbocycles. The molecule has 1 aromatic rings. The maximum absolute atomic E-state index is 4.36. The van der Waals surface area contributed by atoms with E-state index in [1.54, 1.807) is 0 Å². The highest BCUT2D eigenvalue weighted by Gasteiger charge is 2.17. The number of unbranched alkanes of at least 4 members (excludes halogenated alkanes) is 2. The molecule has 1 aromatic heterocycles. The van der Waals surface area contributed by atoms with Crippen LogP contribution in [0.2, 0.25) is 0 Å². The van der Waals surface area contributed by atoms with Gasteiger partial charge in [-0.25, -0.2) is 0 Å². The predicted molar refractivity (Wildman–Crippen MR) is 71.5 cm³/mol. The van der Waals surface area contributed by atoms with E-state index in [0.717, 1.165) is 11.0 Å². The van der Waals surface area contributed by atoms with E-state index in [2.05, 4.69) is 44.9 Å². The molecule has 0 bridgehead atoms. The van der Waals surface area contributed by atoms with Crippen molar-refractivity contribution in [3.8, 4) is 0 Å². The van der Waals surface area contributed by atoms with Gasteiger partial charge in [-0.1, -0.05) is 26.2 Å². The number of hydrogen-bond donors (Lipinski definition) is 1. The second-order valence-electron chi connectivity index (χ2n) is 4.03. The van der Waals surface area contributed by atoms with Gasteiger partial charge in [0.25, 0.3) is 0 Å². The lowest BCUT2D eigenvalue weighted by Gasteiger charge is -2.18. The van der Waals surface area contributed by atoms with Crippen molar-refractivity contribution in [1.82, 2.24) is 15.1 Å². The third kappa shape index (κ3) is 3.32. The summed E-state index contributed by atoms with van der Waals surface area (Å²) in [6.45, 7) is 5.29. The average molecular weight is 288 g/mol. The molecule has 92 valence electrons. The van der Waals surface area contributed by atoms with Crippen molar-refractivity contribution in [2.45, 2.75) is 52.1 Å². The molecule has 1 heterocycles. The highest BCUT2D eigenvalue weighted by atomic mass is 79.9. The molecule has 0 fully saturated rings. The van der Waals surface area contributed by atoms with Crippen LogP contribution in [0.15, 0.2) is 10.7 Å². The van der Waals surface area contributed by atoms with Crippen LogP contribution in [0.5, 0.6) is 0 Å². The van der Waals surface area contributed by atoms with Gasteiger partial charge < -0.3 is 5.32 Å². The van der Waals surface area contributed by atoms with Crippen molar-refractivity contribution in [3.63, 3.8) is 0 Å². The quantitative estimate of drug-likeness (QED) is 0.778. The van der Waals surface area contributed by atoms with E-state index in [4.69, 9.17) is 0 Å². The number of aryl methyl sites for hydroxylation is 1. The summed E-state index contributed by atoms with van der Waals surface area (Å²) in [6.07, 6.45) is 6.90. The van der Waals surface area contributed by atoms with Crippen molar-refractivity contribution in [2.24, 2.45) is 0 Å². The minimum atomic E-state index is 0.406. The van der Waals surface area contributed by atoms with Gasteiger partial charge in [0, 0.05) is 6.54 Å². The van der Waals surface area contributed by atoms with Gasteiger partial charge in [0.15, 0.2) is 0 Å². The molecule has 1 rings (SSSR count). The van der Waals surface area contributed by atoms with Crippen molar-refractivity contribution in [1.29, 1.82) is 0 Å². The van der Waals surface area contributed by atoms with Crippen LogP contribution in [-0.4, -0.2) is 16.8 Å². The number of nitrogens with one attached hydrogen (secondary N) is 1. The zero-order valence-electron chi connectivity index (χ0n) is 10.5. The molecule has 1 atom stereocenters. The minimum Gasteiger partial charge on any atom is -0.312 e. The Balaban J connectivity index is 2.73. The van der Waals surface area contributed by atoms with Crippen LogP contribution in [0.4, 0.5) is 0 Å². The number of hydrogen-bond acceptors (Lipinski definition) is 2. The summed E-state index contributed by atoms with van der Waals surface area (Å²) in [5, 5.41) is 7.75. The third-order valence-corrected chi connectivity index (χ3v) is 3.52. The Labute approximate surface area is 107 Å². The summed E-state index contributed by atoms with van der Waals surface area (Å²) in [5.74, 6) is 0. The van der Waals surface area contributed by atoms with Crippen molar-refractivity contribution in [3.05, 3.63) is 16.4 Å². The SMILES string of the molecule is CCCCCC(NC)c1c(Br)cnn1CC. The van der Waals surface area contributed by atoms with E-state index in [1.165, 1.54) is 31.4 Å². The largest absolute Gasteiger partial charge is 0.312 e. The Morgan fingerprint density at radius 1 is 1.44 bits per heavy atom. The molecule has 1 unspecified atom stereocenters. The van der Waals surface area contributed by atoms with Crippen LogP contribution < -0.4 is 5.32 Å². The maximum atomic E-state index is 4.36. The summed E-state index contributed by atoms with van der Waals surface area (Å²) in [4.78, 5) is 0. The zero-order valence-corrected chi connectivity index (χ0v) is 12.0. The molecule has 16 heavy (non-hydrogen) atoms. The first-order valence-corrected chi connectivity index (χ1v) is 6.92. The summed E-state index contributed by atoms with van der Waals surface area (Å²) >= 11 is 3.59. The van der Waals surface area contributed by atoms with E-state index >= 15 is 0 Å². The predicted octanol–water partition coefficient (Wildman–Crippen LogP) is 3.51. The van der Waals surface area contributed by atoms with Crippen molar-refractivity contribution in [2.75, 3.05) is 7.05 Å². The van der Waals surface area contributed by atoms with Crippen LogP contribution >= 0.6 is 15.9 Å². The first kappa shape index (κ1) is 13.7. The fraction of sp³-hybridized carbons (Fsp3) is 0.750. The summed E-state index contributed by atoms with van der Waals surface area (Å²) < 4.78 is 3.18. The standard InChI is InChI=1S/C12H22BrN3/c1-4-6-7-8-11(14-3)12-10(13)9-15-16(12)5-2/h9,11,14H,4-8H2,1-3H3. The van der Waals surface area contributed by atoms with Gasteiger partial charge in [0.2, 0.25) is 0 Å². The summed E-state index contributed by atoms with van der Waals surface area (Å²) in [6, 6.07) is 0.406. The van der Waals surface area contributed by atoms with Crippen LogP contribution in [0.1, 0.15) is 51.3 Å². The second-order valence-corrected chi connectivity index (χ2v) is 4.88. The van der Waals surface area contributed by atoms with Gasteiger partial charge in [-0.15, -0.1) is 0 Å². The monoisotopic (exact) mass is 287 g/mol. The Bertz CT molecular complexity index is 309. The lowest BCUT2D eigenvalue weighted by atomic mass is 10.1. The van der Waals surface area contributed by atoms with E-state index in [-0.39, 0.29) is 0 Å².